The Bertz CT molecular complexity index is 1230. The lowest BCUT2D eigenvalue weighted by atomic mass is 9.85. The fourth-order valence-electron chi connectivity index (χ4n) is 4.53. The van der Waals surface area contributed by atoms with Gasteiger partial charge in [-0.15, -0.1) is 0 Å². The van der Waals surface area contributed by atoms with Gasteiger partial charge in [-0.2, -0.15) is 0 Å². The Morgan fingerprint density at radius 3 is 2.85 bits per heavy atom. The lowest BCUT2D eigenvalue weighted by Crippen LogP contribution is -2.36. The Hall–Kier alpha value is -3.17. The van der Waals surface area contributed by atoms with Gasteiger partial charge in [0, 0.05) is 36.3 Å². The summed E-state index contributed by atoms with van der Waals surface area (Å²) >= 11 is 1.47. The van der Waals surface area contributed by atoms with Gasteiger partial charge in [0.2, 0.25) is 11.8 Å². The van der Waals surface area contributed by atoms with Gasteiger partial charge < -0.3 is 20.7 Å². The van der Waals surface area contributed by atoms with Gasteiger partial charge in [0.15, 0.2) is 0 Å². The van der Waals surface area contributed by atoms with Gasteiger partial charge in [-0.1, -0.05) is 11.8 Å². The molecule has 3 aromatic rings. The van der Waals surface area contributed by atoms with Gasteiger partial charge in [-0.05, 0) is 61.6 Å². The number of ether oxygens (including phenoxy) is 1. The van der Waals surface area contributed by atoms with Crippen molar-refractivity contribution in [2.24, 2.45) is 5.92 Å². The molecule has 1 fully saturated rings. The van der Waals surface area contributed by atoms with Crippen LogP contribution in [0.2, 0.25) is 0 Å². The van der Waals surface area contributed by atoms with Crippen molar-refractivity contribution in [1.29, 1.82) is 0 Å². The summed E-state index contributed by atoms with van der Waals surface area (Å²) in [5.74, 6) is 1.21. The first kappa shape index (κ1) is 22.6. The minimum Gasteiger partial charge on any atom is -0.497 e. The molecule has 0 atom stereocenters. The lowest BCUT2D eigenvalue weighted by Gasteiger charge is -2.28. The number of nitrogens with one attached hydrogen (secondary N) is 3. The number of thioether (sulfide) groups is 1. The van der Waals surface area contributed by atoms with Gasteiger partial charge in [0.25, 0.3) is 0 Å². The molecule has 1 aliphatic carbocycles. The minimum atomic E-state index is -0.00970. The number of benzene rings is 1. The summed E-state index contributed by atoms with van der Waals surface area (Å²) in [6.07, 6.45) is 7.13. The van der Waals surface area contributed by atoms with Crippen LogP contribution in [0.3, 0.4) is 0 Å². The molecule has 0 radical (unpaired) electrons. The minimum absolute atomic E-state index is 0.00970. The zero-order chi connectivity index (χ0) is 23.5. The van der Waals surface area contributed by atoms with Crippen molar-refractivity contribution in [3.8, 4) is 5.75 Å². The normalized spacial score (nSPS) is 19.9. The molecule has 1 saturated carbocycles. The summed E-state index contributed by atoms with van der Waals surface area (Å²) < 4.78 is 5.33. The number of aromatic nitrogens is 2. The highest BCUT2D eigenvalue weighted by Crippen LogP contribution is 2.31. The van der Waals surface area contributed by atoms with Gasteiger partial charge >= 0.3 is 0 Å². The first-order valence-corrected chi connectivity index (χ1v) is 12.5. The second kappa shape index (κ2) is 9.99. The predicted molar refractivity (Wildman–Crippen MR) is 133 cm³/mol. The number of anilines is 2. The standard InChI is InChI=1S/C25H27N5O3S/c1-33-18-6-7-20-19(11-18)21(8-9-26-20)30-24(32)16-2-4-17(5-3-16)27-12-15-10-22-25(28-13-15)34-14-23(31)29-22/h6-11,13,16-17,27H,2-5,12,14H2,1H3,(H,29,31)(H,26,30,32). The Morgan fingerprint density at radius 2 is 2.03 bits per heavy atom. The van der Waals surface area contributed by atoms with Gasteiger partial charge in [-0.3, -0.25) is 14.6 Å². The predicted octanol–water partition coefficient (Wildman–Crippen LogP) is 3.97. The smallest absolute Gasteiger partial charge is 0.234 e. The maximum atomic E-state index is 13.0. The molecule has 2 aromatic heterocycles. The van der Waals surface area contributed by atoms with Crippen molar-refractivity contribution in [3.05, 3.63) is 48.3 Å². The number of carbonyl (C=O) groups is 2. The molecular weight excluding hydrogens is 450 g/mol. The third kappa shape index (κ3) is 5.00. The monoisotopic (exact) mass is 477 g/mol. The third-order valence-corrected chi connectivity index (χ3v) is 7.43. The van der Waals surface area contributed by atoms with E-state index in [2.05, 4.69) is 25.9 Å². The van der Waals surface area contributed by atoms with E-state index < -0.39 is 0 Å². The van der Waals surface area contributed by atoms with E-state index in [4.69, 9.17) is 4.74 Å². The second-order valence-electron chi connectivity index (χ2n) is 8.69. The Balaban J connectivity index is 1.14. The second-order valence-corrected chi connectivity index (χ2v) is 9.66. The summed E-state index contributed by atoms with van der Waals surface area (Å²) in [5.41, 5.74) is 3.42. The van der Waals surface area contributed by atoms with Crippen molar-refractivity contribution in [2.45, 2.75) is 43.3 Å². The van der Waals surface area contributed by atoms with E-state index in [1.54, 1.807) is 13.3 Å². The van der Waals surface area contributed by atoms with Crippen LogP contribution in [-0.4, -0.2) is 40.7 Å². The Labute approximate surface area is 202 Å². The van der Waals surface area contributed by atoms with Gasteiger partial charge in [0.1, 0.15) is 10.8 Å². The first-order chi connectivity index (χ1) is 16.6. The largest absolute Gasteiger partial charge is 0.497 e. The topological polar surface area (TPSA) is 105 Å². The van der Waals surface area contributed by atoms with Crippen molar-refractivity contribution < 1.29 is 14.3 Å². The quantitative estimate of drug-likeness (QED) is 0.493. The molecule has 2 amide bonds. The number of hydrogen-bond donors (Lipinski definition) is 3. The molecule has 176 valence electrons. The highest BCUT2D eigenvalue weighted by Gasteiger charge is 2.26. The average Bonchev–Trinajstić information content (AvgIpc) is 2.87. The van der Waals surface area contributed by atoms with Crippen LogP contribution in [0, 0.1) is 5.92 Å². The number of methoxy groups -OCH3 is 1. The average molecular weight is 478 g/mol. The summed E-state index contributed by atoms with van der Waals surface area (Å²) in [4.78, 5) is 33.5. The number of amides is 2. The van der Waals surface area contributed by atoms with Gasteiger partial charge in [0.05, 0.1) is 29.8 Å². The van der Waals surface area contributed by atoms with Crippen molar-refractivity contribution >= 4 is 45.9 Å². The SMILES string of the molecule is COc1ccc2nccc(NC(=O)C3CCC(NCc4cnc5c(c4)NC(=O)CS5)CC3)c2c1. The van der Waals surface area contributed by atoms with E-state index in [9.17, 15) is 9.59 Å². The van der Waals surface area contributed by atoms with E-state index in [0.29, 0.717) is 18.3 Å². The fourth-order valence-corrected chi connectivity index (χ4v) is 5.27. The van der Waals surface area contributed by atoms with Crippen LogP contribution in [0.15, 0.2) is 47.8 Å². The zero-order valence-corrected chi connectivity index (χ0v) is 19.8. The maximum absolute atomic E-state index is 13.0. The van der Waals surface area contributed by atoms with Crippen LogP contribution >= 0.6 is 11.8 Å². The molecule has 0 bridgehead atoms. The van der Waals surface area contributed by atoms with Crippen molar-refractivity contribution in [2.75, 3.05) is 23.5 Å². The highest BCUT2D eigenvalue weighted by atomic mass is 32.2. The van der Waals surface area contributed by atoms with Crippen LogP contribution in [-0.2, 0) is 16.1 Å². The van der Waals surface area contributed by atoms with E-state index in [-0.39, 0.29) is 17.7 Å². The number of fused-ring (bicyclic) bond motifs is 2. The van der Waals surface area contributed by atoms with Crippen LogP contribution in [0.4, 0.5) is 11.4 Å². The van der Waals surface area contributed by atoms with E-state index >= 15 is 0 Å². The molecular formula is C25H27N5O3S. The molecule has 0 unspecified atom stereocenters. The summed E-state index contributed by atoms with van der Waals surface area (Å²) in [6, 6.07) is 9.84. The van der Waals surface area contributed by atoms with E-state index in [1.165, 1.54) is 11.8 Å². The summed E-state index contributed by atoms with van der Waals surface area (Å²) in [6.45, 7) is 0.688. The van der Waals surface area contributed by atoms with Crippen molar-refractivity contribution in [1.82, 2.24) is 15.3 Å². The van der Waals surface area contributed by atoms with Crippen LogP contribution in [0.25, 0.3) is 10.9 Å². The Morgan fingerprint density at radius 1 is 1.18 bits per heavy atom. The van der Waals surface area contributed by atoms with Crippen LogP contribution in [0.5, 0.6) is 5.75 Å². The fraction of sp³-hybridized carbons (Fsp3) is 0.360. The molecule has 9 heteroatoms. The third-order valence-electron chi connectivity index (χ3n) is 6.42. The molecule has 0 saturated heterocycles. The maximum Gasteiger partial charge on any atom is 0.234 e. The number of rotatable bonds is 6. The van der Waals surface area contributed by atoms with E-state index in [0.717, 1.165) is 64.3 Å². The molecule has 3 heterocycles. The number of nitrogens with zero attached hydrogens (tertiary/aromatic N) is 2. The zero-order valence-electron chi connectivity index (χ0n) is 19.0. The molecule has 8 nitrogen and oxygen atoms in total. The molecule has 2 aliphatic rings. The lowest BCUT2D eigenvalue weighted by molar-refractivity contribution is -0.121. The summed E-state index contributed by atoms with van der Waals surface area (Å²) in [5, 5.41) is 11.3. The number of carbonyl (C=O) groups excluding carboxylic acids is 2. The van der Waals surface area contributed by atoms with Crippen LogP contribution in [0.1, 0.15) is 31.2 Å². The molecule has 1 aliphatic heterocycles. The first-order valence-electron chi connectivity index (χ1n) is 11.5. The molecule has 3 N–H and O–H groups in total. The number of pyridine rings is 2. The summed E-state index contributed by atoms with van der Waals surface area (Å²) in [7, 11) is 1.63. The Kier molecular flexibility index (Phi) is 6.64. The highest BCUT2D eigenvalue weighted by molar-refractivity contribution is 8.00. The molecule has 0 spiro atoms. The van der Waals surface area contributed by atoms with Crippen molar-refractivity contribution in [3.63, 3.8) is 0 Å². The number of hydrogen-bond acceptors (Lipinski definition) is 7. The molecule has 1 aromatic carbocycles. The van der Waals surface area contributed by atoms with E-state index in [1.807, 2.05) is 36.5 Å². The molecule has 34 heavy (non-hydrogen) atoms. The van der Waals surface area contributed by atoms with Gasteiger partial charge in [-0.25, -0.2) is 4.98 Å². The molecule has 5 rings (SSSR count). The van der Waals surface area contributed by atoms with Crippen LogP contribution < -0.4 is 20.7 Å².